The maximum absolute atomic E-state index is 13.8. The molecule has 4 aromatic carbocycles. The first-order chi connectivity index (χ1) is 21.2. The first-order valence-electron chi connectivity index (χ1n) is 15.6. The maximum Gasteiger partial charge on any atom is 0.258 e. The number of hydrogen-bond donors (Lipinski definition) is 1. The van der Waals surface area contributed by atoms with Crippen LogP contribution in [0.3, 0.4) is 0 Å². The smallest absolute Gasteiger partial charge is 0.258 e. The lowest BCUT2D eigenvalue weighted by Gasteiger charge is -2.29. The van der Waals surface area contributed by atoms with Crippen molar-refractivity contribution in [2.24, 2.45) is 0 Å². The Bertz CT molecular complexity index is 1530. The number of likely N-dealkylation sites (tertiary alicyclic amines) is 1. The topological polar surface area (TPSA) is 55.9 Å². The lowest BCUT2D eigenvalue weighted by atomic mass is 9.99. The Morgan fingerprint density at radius 1 is 0.628 bits per heavy atom. The summed E-state index contributed by atoms with van der Waals surface area (Å²) in [6.07, 6.45) is 6.04. The molecule has 1 saturated heterocycles. The predicted molar refractivity (Wildman–Crippen MR) is 176 cm³/mol. The van der Waals surface area contributed by atoms with Gasteiger partial charge in [0.05, 0.1) is 11.4 Å². The highest BCUT2D eigenvalue weighted by Gasteiger charge is 2.25. The third-order valence-corrected chi connectivity index (χ3v) is 8.57. The number of amides is 2. The molecule has 2 aliphatic rings. The van der Waals surface area contributed by atoms with Crippen LogP contribution in [0.5, 0.6) is 0 Å². The Kier molecular flexibility index (Phi) is 9.14. The van der Waals surface area contributed by atoms with Crippen molar-refractivity contribution in [3.8, 4) is 11.1 Å². The van der Waals surface area contributed by atoms with Crippen molar-refractivity contribution in [3.05, 3.63) is 114 Å². The zero-order valence-electron chi connectivity index (χ0n) is 24.8. The fourth-order valence-corrected chi connectivity index (χ4v) is 6.33. The molecule has 0 saturated carbocycles. The minimum atomic E-state index is -0.180. The number of nitrogens with zero attached hydrogens (tertiary/aromatic N) is 3. The number of nitrogens with one attached hydrogen (secondary N) is 1. The Hall–Kier alpha value is -4.42. The largest absolute Gasteiger partial charge is 0.370 e. The van der Waals surface area contributed by atoms with E-state index in [1.165, 1.54) is 32.4 Å². The maximum atomic E-state index is 13.8. The monoisotopic (exact) mass is 572 g/mol. The summed E-state index contributed by atoms with van der Waals surface area (Å²) in [6.45, 7) is 6.20. The molecular weight excluding hydrogens is 532 g/mol. The molecule has 0 spiro atoms. The molecule has 6 heteroatoms. The van der Waals surface area contributed by atoms with Gasteiger partial charge in [-0.25, -0.2) is 0 Å². The van der Waals surface area contributed by atoms with Crippen LogP contribution >= 0.6 is 0 Å². The summed E-state index contributed by atoms with van der Waals surface area (Å²) in [5, 5.41) is 3.01. The molecule has 0 aromatic heterocycles. The fourth-order valence-electron chi connectivity index (χ4n) is 6.33. The van der Waals surface area contributed by atoms with Crippen LogP contribution < -0.4 is 15.1 Å². The number of para-hydroxylation sites is 2. The number of hydrogen-bond acceptors (Lipinski definition) is 4. The number of benzene rings is 4. The Labute approximate surface area is 254 Å². The van der Waals surface area contributed by atoms with Gasteiger partial charge in [0, 0.05) is 36.4 Å². The summed E-state index contributed by atoms with van der Waals surface area (Å²) in [5.74, 6) is -0.199. The molecule has 0 atom stereocenters. The molecule has 6 rings (SSSR count). The van der Waals surface area contributed by atoms with Crippen molar-refractivity contribution in [3.63, 3.8) is 0 Å². The highest BCUT2D eigenvalue weighted by atomic mass is 16.2. The van der Waals surface area contributed by atoms with E-state index in [1.807, 2.05) is 89.8 Å². The quantitative estimate of drug-likeness (QED) is 0.240. The zero-order valence-corrected chi connectivity index (χ0v) is 24.8. The third-order valence-electron chi connectivity index (χ3n) is 8.57. The summed E-state index contributed by atoms with van der Waals surface area (Å²) < 4.78 is 0. The fraction of sp³-hybridized carbons (Fsp3) is 0.297. The Morgan fingerprint density at radius 3 is 2.12 bits per heavy atom. The molecule has 2 aliphatic heterocycles. The average Bonchev–Trinajstić information content (AvgIpc) is 3.25. The van der Waals surface area contributed by atoms with Crippen LogP contribution in [0.4, 0.5) is 17.1 Å². The minimum absolute atomic E-state index is 0.0186. The zero-order chi connectivity index (χ0) is 29.4. The van der Waals surface area contributed by atoms with Gasteiger partial charge in [-0.15, -0.1) is 0 Å². The standard InChI is InChI=1S/C37H40N4O2/c42-36(33-16-6-5-15-32(33)29-13-3-1-4-14-29)38-31-21-19-30(20-22-31)37(43)41-28-12-27-40(34-17-7-8-18-35(34)41)26-11-25-39-23-9-2-10-24-39/h1,3-8,13-22H,2,9-12,23-28H2,(H,38,42). The SMILES string of the molecule is O=C(Nc1ccc(C(=O)N2CCCN(CCCN3CCCCC3)c3ccccc32)cc1)c1ccccc1-c1ccccc1. The number of carbonyl (C=O) groups is 2. The van der Waals surface area contributed by atoms with Crippen LogP contribution in [0.25, 0.3) is 11.1 Å². The molecule has 0 bridgehead atoms. The predicted octanol–water partition coefficient (Wildman–Crippen LogP) is 7.34. The summed E-state index contributed by atoms with van der Waals surface area (Å²) in [4.78, 5) is 34.0. The third kappa shape index (κ3) is 6.81. The second kappa shape index (κ2) is 13.7. The van der Waals surface area contributed by atoms with Crippen LogP contribution in [0.1, 0.15) is 52.8 Å². The van der Waals surface area contributed by atoms with Crippen LogP contribution in [-0.4, -0.2) is 56.0 Å². The normalized spacial score (nSPS) is 15.4. The number of carbonyl (C=O) groups excluding carboxylic acids is 2. The first kappa shape index (κ1) is 28.7. The molecule has 0 unspecified atom stereocenters. The van der Waals surface area contributed by atoms with Crippen LogP contribution in [0.2, 0.25) is 0 Å². The first-order valence-corrected chi connectivity index (χ1v) is 15.6. The van der Waals surface area contributed by atoms with E-state index in [-0.39, 0.29) is 11.8 Å². The van der Waals surface area contributed by atoms with Gasteiger partial charge >= 0.3 is 0 Å². The highest BCUT2D eigenvalue weighted by Crippen LogP contribution is 2.33. The Balaban J connectivity index is 1.13. The van der Waals surface area contributed by atoms with E-state index in [2.05, 4.69) is 33.3 Å². The van der Waals surface area contributed by atoms with E-state index in [0.717, 1.165) is 55.0 Å². The van der Waals surface area contributed by atoms with E-state index >= 15 is 0 Å². The summed E-state index contributed by atoms with van der Waals surface area (Å²) in [7, 11) is 0. The van der Waals surface area contributed by atoms with Crippen molar-refractivity contribution in [1.82, 2.24) is 4.90 Å². The van der Waals surface area contributed by atoms with Gasteiger partial charge in [-0.3, -0.25) is 9.59 Å². The molecule has 0 aliphatic carbocycles. The van der Waals surface area contributed by atoms with E-state index in [0.29, 0.717) is 23.4 Å². The minimum Gasteiger partial charge on any atom is -0.370 e. The van der Waals surface area contributed by atoms with Crippen LogP contribution in [0, 0.1) is 0 Å². The van der Waals surface area contributed by atoms with Gasteiger partial charge in [0.25, 0.3) is 11.8 Å². The summed E-state index contributed by atoms with van der Waals surface area (Å²) in [6, 6.07) is 33.1. The molecule has 6 nitrogen and oxygen atoms in total. The molecule has 4 aromatic rings. The Morgan fingerprint density at radius 2 is 1.33 bits per heavy atom. The lowest BCUT2D eigenvalue weighted by molar-refractivity contribution is 0.0986. The number of piperidine rings is 1. The number of fused-ring (bicyclic) bond motifs is 1. The summed E-state index contributed by atoms with van der Waals surface area (Å²) in [5.41, 5.74) is 5.85. The molecule has 43 heavy (non-hydrogen) atoms. The molecule has 1 fully saturated rings. The van der Waals surface area contributed by atoms with Crippen molar-refractivity contribution < 1.29 is 9.59 Å². The second-order valence-electron chi connectivity index (χ2n) is 11.5. The van der Waals surface area contributed by atoms with Gasteiger partial charge in [-0.1, -0.05) is 67.1 Å². The van der Waals surface area contributed by atoms with E-state index < -0.39 is 0 Å². The molecule has 2 amide bonds. The van der Waals surface area contributed by atoms with Gasteiger partial charge in [-0.05, 0) is 98.9 Å². The average molecular weight is 573 g/mol. The number of rotatable bonds is 8. The van der Waals surface area contributed by atoms with Gasteiger partial charge in [0.2, 0.25) is 0 Å². The van der Waals surface area contributed by atoms with E-state index in [1.54, 1.807) is 0 Å². The molecule has 220 valence electrons. The van der Waals surface area contributed by atoms with Gasteiger partial charge in [-0.2, -0.15) is 0 Å². The van der Waals surface area contributed by atoms with E-state index in [4.69, 9.17) is 0 Å². The van der Waals surface area contributed by atoms with Crippen molar-refractivity contribution in [2.75, 3.05) is 54.4 Å². The van der Waals surface area contributed by atoms with Gasteiger partial charge in [0.15, 0.2) is 0 Å². The van der Waals surface area contributed by atoms with E-state index in [9.17, 15) is 9.59 Å². The summed E-state index contributed by atoms with van der Waals surface area (Å²) >= 11 is 0. The molecule has 1 N–H and O–H groups in total. The molecule has 2 heterocycles. The second-order valence-corrected chi connectivity index (χ2v) is 11.5. The van der Waals surface area contributed by atoms with Gasteiger partial charge in [0.1, 0.15) is 0 Å². The van der Waals surface area contributed by atoms with Gasteiger partial charge < -0.3 is 20.0 Å². The highest BCUT2D eigenvalue weighted by molar-refractivity contribution is 6.10. The lowest BCUT2D eigenvalue weighted by Crippen LogP contribution is -2.33. The molecular formula is C37H40N4O2. The van der Waals surface area contributed by atoms with Crippen LogP contribution in [-0.2, 0) is 0 Å². The number of anilines is 3. The van der Waals surface area contributed by atoms with Crippen molar-refractivity contribution in [2.45, 2.75) is 32.1 Å². The van der Waals surface area contributed by atoms with Crippen molar-refractivity contribution in [1.29, 1.82) is 0 Å². The molecule has 0 radical (unpaired) electrons. The van der Waals surface area contributed by atoms with Crippen LogP contribution in [0.15, 0.2) is 103 Å². The van der Waals surface area contributed by atoms with Crippen molar-refractivity contribution >= 4 is 28.9 Å².